The second-order valence-electron chi connectivity index (χ2n) is 7.56. The number of hydrogen-bond acceptors (Lipinski definition) is 4. The van der Waals surface area contributed by atoms with Crippen LogP contribution in [0.4, 0.5) is 0 Å². The zero-order chi connectivity index (χ0) is 16.6. The van der Waals surface area contributed by atoms with Crippen LogP contribution in [-0.2, 0) is 16.5 Å². The number of aromatic nitrogens is 2. The second kappa shape index (κ2) is 6.48. The van der Waals surface area contributed by atoms with Gasteiger partial charge in [-0.15, -0.1) is 0 Å². The number of likely N-dealkylation sites (tertiary alicyclic amines) is 1. The Balaban J connectivity index is 1.32. The number of ether oxygens (including phenoxy) is 2. The molecule has 6 nitrogen and oxygen atoms in total. The van der Waals surface area contributed by atoms with Gasteiger partial charge in [-0.25, -0.2) is 0 Å². The summed E-state index contributed by atoms with van der Waals surface area (Å²) in [5.41, 5.74) is 0.566. The summed E-state index contributed by atoms with van der Waals surface area (Å²) in [5, 5.41) is 4.09. The Labute approximate surface area is 143 Å². The van der Waals surface area contributed by atoms with Gasteiger partial charge < -0.3 is 14.4 Å². The lowest BCUT2D eigenvalue weighted by Gasteiger charge is -2.46. The first kappa shape index (κ1) is 16.1. The smallest absolute Gasteiger partial charge is 0.272 e. The summed E-state index contributed by atoms with van der Waals surface area (Å²) < 4.78 is 13.9. The molecule has 2 aliphatic heterocycles. The highest BCUT2D eigenvalue weighted by Crippen LogP contribution is 2.37. The van der Waals surface area contributed by atoms with E-state index in [4.69, 9.17) is 9.47 Å². The number of carbonyl (C=O) groups is 1. The third-order valence-corrected chi connectivity index (χ3v) is 5.71. The number of rotatable bonds is 4. The molecule has 2 saturated heterocycles. The average Bonchev–Trinajstić information content (AvgIpc) is 3.33. The molecule has 1 spiro atoms. The van der Waals surface area contributed by atoms with Crippen molar-refractivity contribution in [1.29, 1.82) is 0 Å². The summed E-state index contributed by atoms with van der Waals surface area (Å²) in [5.74, 6) is 0.879. The van der Waals surface area contributed by atoms with Crippen molar-refractivity contribution in [3.8, 4) is 0 Å². The first-order valence-corrected chi connectivity index (χ1v) is 9.18. The highest BCUT2D eigenvalue weighted by molar-refractivity contribution is 5.92. The SMILES string of the molecule is Cn1nccc1C(=O)N1CCC2(CC1)CC(OCC1CC1)CCO2. The van der Waals surface area contributed by atoms with Crippen LogP contribution in [0.2, 0.25) is 0 Å². The third kappa shape index (κ3) is 3.35. The minimum Gasteiger partial charge on any atom is -0.378 e. The maximum absolute atomic E-state index is 12.6. The predicted molar refractivity (Wildman–Crippen MR) is 88.7 cm³/mol. The quantitative estimate of drug-likeness (QED) is 0.846. The molecule has 24 heavy (non-hydrogen) atoms. The van der Waals surface area contributed by atoms with Crippen molar-refractivity contribution in [2.24, 2.45) is 13.0 Å². The fraction of sp³-hybridized carbons (Fsp3) is 0.778. The number of piperidine rings is 1. The highest BCUT2D eigenvalue weighted by Gasteiger charge is 2.42. The molecule has 3 aliphatic rings. The van der Waals surface area contributed by atoms with Gasteiger partial charge in [0, 0.05) is 46.0 Å². The van der Waals surface area contributed by atoms with Gasteiger partial charge in [-0.2, -0.15) is 5.10 Å². The van der Waals surface area contributed by atoms with E-state index in [0.717, 1.165) is 57.9 Å². The van der Waals surface area contributed by atoms with Crippen LogP contribution >= 0.6 is 0 Å². The maximum atomic E-state index is 12.6. The number of amides is 1. The molecular weight excluding hydrogens is 306 g/mol. The minimum absolute atomic E-state index is 0.0715. The van der Waals surface area contributed by atoms with Gasteiger partial charge in [-0.05, 0) is 44.1 Å². The van der Waals surface area contributed by atoms with Gasteiger partial charge in [0.25, 0.3) is 5.91 Å². The van der Waals surface area contributed by atoms with Crippen LogP contribution in [0, 0.1) is 5.92 Å². The monoisotopic (exact) mass is 333 g/mol. The molecule has 1 saturated carbocycles. The van der Waals surface area contributed by atoms with Crippen LogP contribution in [0.3, 0.4) is 0 Å². The lowest BCUT2D eigenvalue weighted by Crippen LogP contribution is -2.52. The van der Waals surface area contributed by atoms with Crippen molar-refractivity contribution in [2.75, 3.05) is 26.3 Å². The Hall–Kier alpha value is -1.40. The molecule has 1 aromatic heterocycles. The van der Waals surface area contributed by atoms with Crippen LogP contribution in [0.15, 0.2) is 12.3 Å². The Morgan fingerprint density at radius 3 is 2.83 bits per heavy atom. The van der Waals surface area contributed by atoms with Gasteiger partial charge in [0.1, 0.15) is 5.69 Å². The molecule has 4 rings (SSSR count). The van der Waals surface area contributed by atoms with Crippen molar-refractivity contribution >= 4 is 5.91 Å². The third-order valence-electron chi connectivity index (χ3n) is 5.71. The average molecular weight is 333 g/mol. The summed E-state index contributed by atoms with van der Waals surface area (Å²) in [4.78, 5) is 14.5. The number of carbonyl (C=O) groups excluding carboxylic acids is 1. The maximum Gasteiger partial charge on any atom is 0.272 e. The largest absolute Gasteiger partial charge is 0.378 e. The van der Waals surface area contributed by atoms with Gasteiger partial charge in [0.2, 0.25) is 0 Å². The molecule has 0 radical (unpaired) electrons. The van der Waals surface area contributed by atoms with E-state index in [-0.39, 0.29) is 11.5 Å². The van der Waals surface area contributed by atoms with E-state index in [1.165, 1.54) is 12.8 Å². The van der Waals surface area contributed by atoms with E-state index in [0.29, 0.717) is 11.8 Å². The van der Waals surface area contributed by atoms with Crippen LogP contribution < -0.4 is 0 Å². The second-order valence-corrected chi connectivity index (χ2v) is 7.56. The van der Waals surface area contributed by atoms with Gasteiger partial charge >= 0.3 is 0 Å². The molecule has 3 heterocycles. The first-order valence-electron chi connectivity index (χ1n) is 9.18. The molecule has 0 aromatic carbocycles. The predicted octanol–water partition coefficient (Wildman–Crippen LogP) is 2.00. The fourth-order valence-electron chi connectivity index (χ4n) is 3.89. The number of hydrogen-bond donors (Lipinski definition) is 0. The standard InChI is InChI=1S/C18H27N3O3/c1-20-16(4-8-19-20)17(22)21-9-6-18(7-10-21)12-15(5-11-24-18)23-13-14-2-3-14/h4,8,14-15H,2-3,5-7,9-13H2,1H3. The molecule has 1 amide bonds. The Kier molecular flexibility index (Phi) is 4.35. The van der Waals surface area contributed by atoms with E-state index in [9.17, 15) is 4.79 Å². The molecule has 3 fully saturated rings. The Morgan fingerprint density at radius 2 is 2.17 bits per heavy atom. The lowest BCUT2D eigenvalue weighted by molar-refractivity contribution is -0.153. The van der Waals surface area contributed by atoms with Gasteiger partial charge in [-0.1, -0.05) is 0 Å². The van der Waals surface area contributed by atoms with Crippen LogP contribution in [0.1, 0.15) is 49.0 Å². The van der Waals surface area contributed by atoms with Crippen molar-refractivity contribution < 1.29 is 14.3 Å². The lowest BCUT2D eigenvalue weighted by atomic mass is 9.83. The molecule has 1 aliphatic carbocycles. The summed E-state index contributed by atoms with van der Waals surface area (Å²) in [6.45, 7) is 3.20. The van der Waals surface area contributed by atoms with E-state index in [1.807, 2.05) is 11.9 Å². The molecule has 1 atom stereocenters. The first-order chi connectivity index (χ1) is 11.7. The van der Waals surface area contributed by atoms with E-state index < -0.39 is 0 Å². The van der Waals surface area contributed by atoms with Crippen molar-refractivity contribution in [2.45, 2.75) is 50.2 Å². The summed E-state index contributed by atoms with van der Waals surface area (Å²) in [6.07, 6.45) is 8.46. The van der Waals surface area contributed by atoms with E-state index in [1.54, 1.807) is 16.9 Å². The van der Waals surface area contributed by atoms with Gasteiger partial charge in [0.15, 0.2) is 0 Å². The van der Waals surface area contributed by atoms with E-state index in [2.05, 4.69) is 5.10 Å². The van der Waals surface area contributed by atoms with Crippen LogP contribution in [0.5, 0.6) is 0 Å². The fourth-order valence-corrected chi connectivity index (χ4v) is 3.89. The summed E-state index contributed by atoms with van der Waals surface area (Å²) >= 11 is 0. The Morgan fingerprint density at radius 1 is 1.38 bits per heavy atom. The molecule has 0 N–H and O–H groups in total. The Bertz CT molecular complexity index is 588. The normalized spacial score (nSPS) is 26.7. The topological polar surface area (TPSA) is 56.6 Å². The summed E-state index contributed by atoms with van der Waals surface area (Å²) in [7, 11) is 1.81. The van der Waals surface area contributed by atoms with Crippen molar-refractivity contribution in [3.05, 3.63) is 18.0 Å². The van der Waals surface area contributed by atoms with Crippen molar-refractivity contribution in [3.63, 3.8) is 0 Å². The number of aryl methyl sites for hydroxylation is 1. The molecule has 0 bridgehead atoms. The van der Waals surface area contributed by atoms with Gasteiger partial charge in [-0.3, -0.25) is 9.48 Å². The zero-order valence-corrected chi connectivity index (χ0v) is 14.4. The molecular formula is C18H27N3O3. The van der Waals surface area contributed by atoms with Gasteiger partial charge in [0.05, 0.1) is 11.7 Å². The highest BCUT2D eigenvalue weighted by atomic mass is 16.5. The molecule has 1 unspecified atom stereocenters. The van der Waals surface area contributed by atoms with Crippen molar-refractivity contribution in [1.82, 2.24) is 14.7 Å². The summed E-state index contributed by atoms with van der Waals surface area (Å²) in [6, 6.07) is 1.78. The molecule has 1 aromatic rings. The minimum atomic E-state index is -0.0876. The van der Waals surface area contributed by atoms with Crippen LogP contribution in [-0.4, -0.2) is 58.6 Å². The van der Waals surface area contributed by atoms with Crippen LogP contribution in [0.25, 0.3) is 0 Å². The number of nitrogens with zero attached hydrogens (tertiary/aromatic N) is 3. The zero-order valence-electron chi connectivity index (χ0n) is 14.4. The van der Waals surface area contributed by atoms with E-state index >= 15 is 0 Å². The molecule has 6 heteroatoms. The molecule has 132 valence electrons.